The van der Waals surface area contributed by atoms with E-state index in [0.717, 1.165) is 10.9 Å². The molecule has 0 atom stereocenters. The Hall–Kier alpha value is -1.77. The average Bonchev–Trinajstić information content (AvgIpc) is 2.16. The first-order valence-corrected chi connectivity index (χ1v) is 4.39. The molecule has 14 heavy (non-hydrogen) atoms. The Kier molecular flexibility index (Phi) is 1.81. The zero-order valence-corrected chi connectivity index (χ0v) is 8.11. The normalized spacial score (nSPS) is 10.7. The van der Waals surface area contributed by atoms with Crippen molar-refractivity contribution in [3.63, 3.8) is 0 Å². The van der Waals surface area contributed by atoms with Gasteiger partial charge in [-0.1, -0.05) is 17.7 Å². The lowest BCUT2D eigenvalue weighted by Gasteiger charge is -2.06. The van der Waals surface area contributed by atoms with Crippen LogP contribution in [0.2, 0.25) is 0 Å². The molecule has 3 nitrogen and oxygen atoms in total. The van der Waals surface area contributed by atoms with Gasteiger partial charge in [-0.15, -0.1) is 0 Å². The van der Waals surface area contributed by atoms with Crippen molar-refractivity contribution in [3.8, 4) is 5.88 Å². The molecule has 0 fully saturated rings. The smallest absolute Gasteiger partial charge is 0.253 e. The highest BCUT2D eigenvalue weighted by molar-refractivity contribution is 5.87. The molecule has 0 bridgehead atoms. The van der Waals surface area contributed by atoms with Crippen LogP contribution in [0.3, 0.4) is 0 Å². The minimum absolute atomic E-state index is 0.0243. The number of hydrogen-bond donors (Lipinski definition) is 1. The third-order valence-corrected chi connectivity index (χ3v) is 2.38. The maximum atomic E-state index is 11.3. The number of hydrogen-bond acceptors (Lipinski definition) is 2. The van der Waals surface area contributed by atoms with Gasteiger partial charge in [0.25, 0.3) is 5.56 Å². The molecule has 1 N–H and O–H groups in total. The zero-order chi connectivity index (χ0) is 10.3. The van der Waals surface area contributed by atoms with E-state index in [1.807, 2.05) is 25.1 Å². The van der Waals surface area contributed by atoms with E-state index in [-0.39, 0.29) is 11.4 Å². The van der Waals surface area contributed by atoms with Gasteiger partial charge in [0, 0.05) is 18.5 Å². The summed E-state index contributed by atoms with van der Waals surface area (Å²) in [5.41, 5.74) is 0.866. The van der Waals surface area contributed by atoms with Crippen LogP contribution in [-0.4, -0.2) is 9.67 Å². The van der Waals surface area contributed by atoms with Crippen LogP contribution in [0, 0.1) is 6.92 Å². The van der Waals surface area contributed by atoms with Crippen LogP contribution in [0.15, 0.2) is 29.1 Å². The molecule has 0 saturated heterocycles. The van der Waals surface area contributed by atoms with E-state index in [0.29, 0.717) is 5.39 Å². The molecule has 2 rings (SSSR count). The topological polar surface area (TPSA) is 42.2 Å². The van der Waals surface area contributed by atoms with Crippen LogP contribution in [0.1, 0.15) is 5.56 Å². The molecule has 1 aromatic carbocycles. The number of rotatable bonds is 0. The molecule has 72 valence electrons. The first kappa shape index (κ1) is 8.81. The second-order valence-electron chi connectivity index (χ2n) is 3.46. The minimum Gasteiger partial charge on any atom is -0.494 e. The van der Waals surface area contributed by atoms with Crippen molar-refractivity contribution in [2.45, 2.75) is 6.92 Å². The van der Waals surface area contributed by atoms with Gasteiger partial charge in [-0.3, -0.25) is 9.36 Å². The van der Waals surface area contributed by atoms with Crippen LogP contribution < -0.4 is 5.56 Å². The predicted molar refractivity (Wildman–Crippen MR) is 55.6 cm³/mol. The number of nitrogens with zero attached hydrogens (tertiary/aromatic N) is 1. The largest absolute Gasteiger partial charge is 0.494 e. The van der Waals surface area contributed by atoms with Crippen LogP contribution >= 0.6 is 0 Å². The summed E-state index contributed by atoms with van der Waals surface area (Å²) in [6.07, 6.45) is 0. The van der Waals surface area contributed by atoms with Gasteiger partial charge in [-0.05, 0) is 18.4 Å². The minimum atomic E-state index is -0.196. The summed E-state index contributed by atoms with van der Waals surface area (Å²) in [6, 6.07) is 7.14. The lowest BCUT2D eigenvalue weighted by molar-refractivity contribution is 0.430. The Bertz CT molecular complexity index is 555. The third-order valence-electron chi connectivity index (χ3n) is 2.38. The standard InChI is InChI=1S/C11H11NO2/c1-7-3-4-8-6-10(13)12(2)11(14)9(8)5-7/h3-6,14H,1-2H3. The second-order valence-corrected chi connectivity index (χ2v) is 3.46. The first-order valence-electron chi connectivity index (χ1n) is 4.39. The summed E-state index contributed by atoms with van der Waals surface area (Å²) >= 11 is 0. The maximum absolute atomic E-state index is 11.3. The number of fused-ring (bicyclic) bond motifs is 1. The van der Waals surface area contributed by atoms with Crippen LogP contribution in [-0.2, 0) is 7.05 Å². The number of aromatic nitrogens is 1. The van der Waals surface area contributed by atoms with E-state index in [1.54, 1.807) is 7.05 Å². The van der Waals surface area contributed by atoms with E-state index in [4.69, 9.17) is 0 Å². The lowest BCUT2D eigenvalue weighted by atomic mass is 10.1. The predicted octanol–water partition coefficient (Wildman–Crippen LogP) is 1.55. The van der Waals surface area contributed by atoms with Gasteiger partial charge >= 0.3 is 0 Å². The number of aryl methyl sites for hydroxylation is 1. The van der Waals surface area contributed by atoms with Crippen LogP contribution in [0.5, 0.6) is 5.88 Å². The molecule has 0 aliphatic heterocycles. The summed E-state index contributed by atoms with van der Waals surface area (Å²) in [5.74, 6) is 0.0243. The SMILES string of the molecule is Cc1ccc2cc(=O)n(C)c(O)c2c1. The van der Waals surface area contributed by atoms with Gasteiger partial charge < -0.3 is 5.11 Å². The Balaban J connectivity index is 2.99. The van der Waals surface area contributed by atoms with Crippen molar-refractivity contribution in [3.05, 3.63) is 40.2 Å². The van der Waals surface area contributed by atoms with Gasteiger partial charge in [0.05, 0.1) is 0 Å². The molecule has 0 spiro atoms. The summed E-state index contributed by atoms with van der Waals surface area (Å²) in [4.78, 5) is 11.3. The fourth-order valence-corrected chi connectivity index (χ4v) is 1.50. The van der Waals surface area contributed by atoms with Crippen LogP contribution in [0.25, 0.3) is 10.8 Å². The van der Waals surface area contributed by atoms with Crippen molar-refractivity contribution in [1.29, 1.82) is 0 Å². The fourth-order valence-electron chi connectivity index (χ4n) is 1.50. The maximum Gasteiger partial charge on any atom is 0.253 e. The molecule has 0 aliphatic rings. The van der Waals surface area contributed by atoms with E-state index in [2.05, 4.69) is 0 Å². The summed E-state index contributed by atoms with van der Waals surface area (Å²) < 4.78 is 1.24. The molecule has 2 aromatic rings. The van der Waals surface area contributed by atoms with Crippen molar-refractivity contribution in [2.75, 3.05) is 0 Å². The molecular weight excluding hydrogens is 178 g/mol. The number of benzene rings is 1. The molecule has 0 unspecified atom stereocenters. The molecule has 0 aliphatic carbocycles. The van der Waals surface area contributed by atoms with Gasteiger partial charge in [-0.25, -0.2) is 0 Å². The van der Waals surface area contributed by atoms with Gasteiger partial charge in [0.1, 0.15) is 0 Å². The monoisotopic (exact) mass is 189 g/mol. The van der Waals surface area contributed by atoms with Crippen molar-refractivity contribution in [2.24, 2.45) is 7.05 Å². The number of pyridine rings is 1. The molecule has 0 amide bonds. The Morgan fingerprint density at radius 3 is 2.71 bits per heavy atom. The molecule has 1 heterocycles. The number of aromatic hydroxyl groups is 1. The third kappa shape index (κ3) is 1.18. The van der Waals surface area contributed by atoms with Gasteiger partial charge in [-0.2, -0.15) is 0 Å². The quantitative estimate of drug-likeness (QED) is 0.683. The highest BCUT2D eigenvalue weighted by atomic mass is 16.3. The molecule has 1 aromatic heterocycles. The summed E-state index contributed by atoms with van der Waals surface area (Å²) in [6.45, 7) is 1.95. The van der Waals surface area contributed by atoms with Gasteiger partial charge in [0.15, 0.2) is 0 Å². The second kappa shape index (κ2) is 2.87. The van der Waals surface area contributed by atoms with Crippen LogP contribution in [0.4, 0.5) is 0 Å². The Labute approximate surface area is 81.2 Å². The summed E-state index contributed by atoms with van der Waals surface area (Å²) in [7, 11) is 1.56. The Morgan fingerprint density at radius 2 is 2.00 bits per heavy atom. The highest BCUT2D eigenvalue weighted by Gasteiger charge is 2.05. The fraction of sp³-hybridized carbons (Fsp3) is 0.182. The first-order chi connectivity index (χ1) is 6.59. The van der Waals surface area contributed by atoms with E-state index in [1.165, 1.54) is 10.6 Å². The Morgan fingerprint density at radius 1 is 1.29 bits per heavy atom. The van der Waals surface area contributed by atoms with Crippen molar-refractivity contribution >= 4 is 10.8 Å². The lowest BCUT2D eigenvalue weighted by Crippen LogP contribution is -2.14. The zero-order valence-electron chi connectivity index (χ0n) is 8.11. The van der Waals surface area contributed by atoms with E-state index in [9.17, 15) is 9.90 Å². The molecule has 3 heteroatoms. The van der Waals surface area contributed by atoms with Gasteiger partial charge in [0.2, 0.25) is 5.88 Å². The highest BCUT2D eigenvalue weighted by Crippen LogP contribution is 2.22. The van der Waals surface area contributed by atoms with E-state index >= 15 is 0 Å². The molecule has 0 radical (unpaired) electrons. The van der Waals surface area contributed by atoms with Crippen molar-refractivity contribution < 1.29 is 5.11 Å². The summed E-state index contributed by atoms with van der Waals surface area (Å²) in [5, 5.41) is 11.2. The molecular formula is C11H11NO2. The van der Waals surface area contributed by atoms with E-state index < -0.39 is 0 Å². The average molecular weight is 189 g/mol. The molecule has 0 saturated carbocycles. The van der Waals surface area contributed by atoms with Crippen molar-refractivity contribution in [1.82, 2.24) is 4.57 Å².